The number of likely N-dealkylation sites (tertiary alicyclic amines) is 1. The summed E-state index contributed by atoms with van der Waals surface area (Å²) in [6.07, 6.45) is 8.64. The predicted molar refractivity (Wildman–Crippen MR) is 107 cm³/mol. The van der Waals surface area contributed by atoms with Gasteiger partial charge in [0.1, 0.15) is 0 Å². The fraction of sp³-hybridized carbons (Fsp3) is 0.667. The van der Waals surface area contributed by atoms with Crippen LogP contribution in [0.25, 0.3) is 11.0 Å². The van der Waals surface area contributed by atoms with E-state index in [0.29, 0.717) is 17.7 Å². The molecule has 1 amide bonds. The summed E-state index contributed by atoms with van der Waals surface area (Å²) in [7, 11) is 4.15. The van der Waals surface area contributed by atoms with Gasteiger partial charge in [0.25, 0.3) is 0 Å². The highest BCUT2D eigenvalue weighted by Crippen LogP contribution is 2.33. The van der Waals surface area contributed by atoms with E-state index in [1.54, 1.807) is 0 Å². The SMILES string of the molecule is CN(C)CCn1nc([C@H]2CCN(C(=O)CC3CCCC3)C2)c2cccnc21. The summed E-state index contributed by atoms with van der Waals surface area (Å²) in [5, 5.41) is 6.07. The van der Waals surface area contributed by atoms with E-state index >= 15 is 0 Å². The molecule has 0 bridgehead atoms. The molecule has 6 nitrogen and oxygen atoms in total. The van der Waals surface area contributed by atoms with Crippen molar-refractivity contribution in [2.24, 2.45) is 5.92 Å². The Labute approximate surface area is 161 Å². The number of likely N-dealkylation sites (N-methyl/N-ethyl adjacent to an activating group) is 1. The second-order valence-corrected chi connectivity index (χ2v) is 8.47. The Morgan fingerprint density at radius 3 is 2.85 bits per heavy atom. The smallest absolute Gasteiger partial charge is 0.222 e. The van der Waals surface area contributed by atoms with Crippen LogP contribution in [-0.4, -0.2) is 64.2 Å². The van der Waals surface area contributed by atoms with Gasteiger partial charge in [-0.2, -0.15) is 5.10 Å². The molecule has 146 valence electrons. The van der Waals surface area contributed by atoms with Crippen molar-refractivity contribution in [1.29, 1.82) is 0 Å². The first-order valence-electron chi connectivity index (χ1n) is 10.4. The van der Waals surface area contributed by atoms with Gasteiger partial charge in [0.05, 0.1) is 12.2 Å². The zero-order valence-electron chi connectivity index (χ0n) is 16.6. The summed E-state index contributed by atoms with van der Waals surface area (Å²) >= 11 is 0. The zero-order chi connectivity index (χ0) is 18.8. The lowest BCUT2D eigenvalue weighted by molar-refractivity contribution is -0.131. The van der Waals surface area contributed by atoms with Crippen molar-refractivity contribution in [3.8, 4) is 0 Å². The molecule has 1 saturated carbocycles. The third-order valence-corrected chi connectivity index (χ3v) is 6.16. The van der Waals surface area contributed by atoms with Crippen LogP contribution >= 0.6 is 0 Å². The van der Waals surface area contributed by atoms with Gasteiger partial charge in [0.15, 0.2) is 5.65 Å². The van der Waals surface area contributed by atoms with Crippen molar-refractivity contribution in [1.82, 2.24) is 24.6 Å². The van der Waals surface area contributed by atoms with Crippen LogP contribution < -0.4 is 0 Å². The monoisotopic (exact) mass is 369 g/mol. The first-order chi connectivity index (χ1) is 13.1. The van der Waals surface area contributed by atoms with Crippen LogP contribution in [0.3, 0.4) is 0 Å². The van der Waals surface area contributed by atoms with Gasteiger partial charge in [0.2, 0.25) is 5.91 Å². The molecule has 4 rings (SSSR count). The lowest BCUT2D eigenvalue weighted by Gasteiger charge is -2.18. The first-order valence-corrected chi connectivity index (χ1v) is 10.4. The molecule has 0 spiro atoms. The average molecular weight is 370 g/mol. The summed E-state index contributed by atoms with van der Waals surface area (Å²) in [6.45, 7) is 3.43. The normalized spacial score (nSPS) is 21.0. The summed E-state index contributed by atoms with van der Waals surface area (Å²) in [4.78, 5) is 21.5. The number of hydrogen-bond acceptors (Lipinski definition) is 4. The van der Waals surface area contributed by atoms with Gasteiger partial charge in [-0.05, 0) is 51.4 Å². The number of nitrogens with zero attached hydrogens (tertiary/aromatic N) is 5. The third kappa shape index (κ3) is 4.00. The zero-order valence-corrected chi connectivity index (χ0v) is 16.6. The average Bonchev–Trinajstić information content (AvgIpc) is 3.39. The van der Waals surface area contributed by atoms with Crippen LogP contribution in [-0.2, 0) is 11.3 Å². The summed E-state index contributed by atoms with van der Waals surface area (Å²) < 4.78 is 2.04. The van der Waals surface area contributed by atoms with Crippen molar-refractivity contribution in [3.63, 3.8) is 0 Å². The molecule has 2 aromatic rings. The number of amides is 1. The summed E-state index contributed by atoms with van der Waals surface area (Å²) in [5.41, 5.74) is 2.08. The molecule has 1 atom stereocenters. The predicted octanol–water partition coefficient (Wildman–Crippen LogP) is 2.89. The molecule has 2 aliphatic rings. The first kappa shape index (κ1) is 18.4. The molecular formula is C21H31N5O. The van der Waals surface area contributed by atoms with Gasteiger partial charge < -0.3 is 9.80 Å². The standard InChI is InChI=1S/C21H31N5O/c1-24(2)12-13-26-21-18(8-5-10-22-21)20(23-26)17-9-11-25(15-17)19(27)14-16-6-3-4-7-16/h5,8,10,16-17H,3-4,6-7,9,11-15H2,1-2H3/t17-/m0/s1. The number of pyridine rings is 1. The van der Waals surface area contributed by atoms with Gasteiger partial charge in [-0.3, -0.25) is 4.79 Å². The summed E-state index contributed by atoms with van der Waals surface area (Å²) in [6, 6.07) is 4.11. The van der Waals surface area contributed by atoms with Crippen molar-refractivity contribution in [3.05, 3.63) is 24.0 Å². The molecule has 0 N–H and O–H groups in total. The topological polar surface area (TPSA) is 54.3 Å². The summed E-state index contributed by atoms with van der Waals surface area (Å²) in [5.74, 6) is 1.29. The molecular weight excluding hydrogens is 338 g/mol. The Kier molecular flexibility index (Phi) is 5.43. The van der Waals surface area contributed by atoms with Crippen molar-refractivity contribution < 1.29 is 4.79 Å². The van der Waals surface area contributed by atoms with E-state index in [0.717, 1.165) is 55.7 Å². The highest BCUT2D eigenvalue weighted by molar-refractivity contribution is 5.80. The fourth-order valence-corrected chi connectivity index (χ4v) is 4.59. The van der Waals surface area contributed by atoms with Crippen molar-refractivity contribution in [2.45, 2.75) is 51.0 Å². The minimum absolute atomic E-state index is 0.324. The van der Waals surface area contributed by atoms with E-state index in [2.05, 4.69) is 34.9 Å². The lowest BCUT2D eigenvalue weighted by atomic mass is 10.0. The molecule has 6 heteroatoms. The van der Waals surface area contributed by atoms with Gasteiger partial charge in [-0.15, -0.1) is 0 Å². The molecule has 2 fully saturated rings. The van der Waals surface area contributed by atoms with E-state index in [-0.39, 0.29) is 0 Å². The Bertz CT molecular complexity index is 793. The fourth-order valence-electron chi connectivity index (χ4n) is 4.59. The highest BCUT2D eigenvalue weighted by Gasteiger charge is 2.32. The minimum atomic E-state index is 0.324. The lowest BCUT2D eigenvalue weighted by Crippen LogP contribution is -2.29. The number of fused-ring (bicyclic) bond motifs is 1. The second kappa shape index (κ2) is 7.97. The molecule has 1 aliphatic heterocycles. The largest absolute Gasteiger partial charge is 0.342 e. The molecule has 27 heavy (non-hydrogen) atoms. The number of hydrogen-bond donors (Lipinski definition) is 0. The Hall–Kier alpha value is -1.95. The molecule has 3 heterocycles. The maximum atomic E-state index is 12.7. The van der Waals surface area contributed by atoms with Crippen LogP contribution in [0.15, 0.2) is 18.3 Å². The number of carbonyl (C=O) groups excluding carboxylic acids is 1. The van der Waals surface area contributed by atoms with Crippen molar-refractivity contribution >= 4 is 16.9 Å². The third-order valence-electron chi connectivity index (χ3n) is 6.16. The highest BCUT2D eigenvalue weighted by atomic mass is 16.2. The van der Waals surface area contributed by atoms with Crippen molar-refractivity contribution in [2.75, 3.05) is 33.7 Å². The molecule has 2 aromatic heterocycles. The van der Waals surface area contributed by atoms with Crippen LogP contribution in [0.1, 0.15) is 50.1 Å². The van der Waals surface area contributed by atoms with Gasteiger partial charge in [0, 0.05) is 43.6 Å². The van der Waals surface area contributed by atoms with E-state index in [1.165, 1.54) is 25.7 Å². The quantitative estimate of drug-likeness (QED) is 0.786. The number of aromatic nitrogens is 3. The molecule has 0 aromatic carbocycles. The number of carbonyl (C=O) groups is 1. The van der Waals surface area contributed by atoms with Gasteiger partial charge in [-0.1, -0.05) is 12.8 Å². The van der Waals surface area contributed by atoms with Crippen LogP contribution in [0.4, 0.5) is 0 Å². The maximum absolute atomic E-state index is 12.7. The maximum Gasteiger partial charge on any atom is 0.222 e. The molecule has 0 radical (unpaired) electrons. The Morgan fingerprint density at radius 2 is 2.07 bits per heavy atom. The van der Waals surface area contributed by atoms with Crippen LogP contribution in [0.2, 0.25) is 0 Å². The Balaban J connectivity index is 1.48. The minimum Gasteiger partial charge on any atom is -0.342 e. The van der Waals surface area contributed by atoms with E-state index < -0.39 is 0 Å². The number of rotatable bonds is 6. The van der Waals surface area contributed by atoms with Crippen LogP contribution in [0, 0.1) is 5.92 Å². The molecule has 0 unspecified atom stereocenters. The molecule has 1 saturated heterocycles. The molecule has 1 aliphatic carbocycles. The van der Waals surface area contributed by atoms with E-state index in [4.69, 9.17) is 5.10 Å². The van der Waals surface area contributed by atoms with Crippen LogP contribution in [0.5, 0.6) is 0 Å². The Morgan fingerprint density at radius 1 is 1.26 bits per heavy atom. The van der Waals surface area contributed by atoms with E-state index in [1.807, 2.05) is 16.9 Å². The van der Waals surface area contributed by atoms with Gasteiger partial charge >= 0.3 is 0 Å². The van der Waals surface area contributed by atoms with E-state index in [9.17, 15) is 4.79 Å². The van der Waals surface area contributed by atoms with Gasteiger partial charge in [-0.25, -0.2) is 9.67 Å². The second-order valence-electron chi connectivity index (χ2n) is 8.47.